The van der Waals surface area contributed by atoms with Crippen LogP contribution in [0.15, 0.2) is 48.5 Å². The van der Waals surface area contributed by atoms with Crippen molar-refractivity contribution in [2.24, 2.45) is 0 Å². The van der Waals surface area contributed by atoms with Crippen molar-refractivity contribution in [2.75, 3.05) is 26.7 Å². The summed E-state index contributed by atoms with van der Waals surface area (Å²) in [6.07, 6.45) is 0. The Morgan fingerprint density at radius 1 is 1.20 bits per heavy atom. The molecule has 128 valence electrons. The van der Waals surface area contributed by atoms with Gasteiger partial charge in [0.1, 0.15) is 11.6 Å². The van der Waals surface area contributed by atoms with Crippen molar-refractivity contribution in [1.82, 2.24) is 20.2 Å². The number of hydrogen-bond acceptors (Lipinski definition) is 4. The van der Waals surface area contributed by atoms with Gasteiger partial charge in [0.25, 0.3) is 5.91 Å². The number of nitrogens with zero attached hydrogens (tertiary/aromatic N) is 2. The molecule has 1 amide bonds. The fourth-order valence-electron chi connectivity index (χ4n) is 3.17. The molecule has 0 saturated carbocycles. The van der Waals surface area contributed by atoms with E-state index >= 15 is 0 Å². The molecular formula is C19H20N4O2. The molecule has 0 bridgehead atoms. The standard InChI is InChI=1S/C19H20N4O2/c1-25-14-8-6-13(7-9-14)19(24)23-11-10-20-17(12-23)18-21-15-4-2-3-5-16(15)22-18/h2-9,17,20H,10-12H2,1H3,(H,21,22). The molecule has 3 aromatic rings. The number of aromatic nitrogens is 2. The summed E-state index contributed by atoms with van der Waals surface area (Å²) in [5, 5.41) is 3.44. The number of methoxy groups -OCH3 is 1. The number of nitrogens with one attached hydrogen (secondary N) is 2. The minimum Gasteiger partial charge on any atom is -0.497 e. The lowest BCUT2D eigenvalue weighted by Crippen LogP contribution is -2.48. The van der Waals surface area contributed by atoms with Gasteiger partial charge < -0.3 is 19.9 Å². The van der Waals surface area contributed by atoms with Gasteiger partial charge >= 0.3 is 0 Å². The zero-order chi connectivity index (χ0) is 17.2. The summed E-state index contributed by atoms with van der Waals surface area (Å²) in [4.78, 5) is 22.7. The molecule has 2 heterocycles. The molecule has 2 N–H and O–H groups in total. The topological polar surface area (TPSA) is 70.2 Å². The van der Waals surface area contributed by atoms with Gasteiger partial charge in [0.2, 0.25) is 0 Å². The predicted molar refractivity (Wildman–Crippen MR) is 95.7 cm³/mol. The fraction of sp³-hybridized carbons (Fsp3) is 0.263. The number of H-pyrrole nitrogens is 1. The molecule has 2 aromatic carbocycles. The number of hydrogen-bond donors (Lipinski definition) is 2. The second kappa shape index (κ2) is 6.57. The van der Waals surface area contributed by atoms with Gasteiger partial charge in [-0.2, -0.15) is 0 Å². The van der Waals surface area contributed by atoms with Crippen LogP contribution in [0.5, 0.6) is 5.75 Å². The van der Waals surface area contributed by atoms with E-state index in [1.54, 1.807) is 19.2 Å². The number of carbonyl (C=O) groups is 1. The smallest absolute Gasteiger partial charge is 0.253 e. The first-order valence-electron chi connectivity index (χ1n) is 8.36. The maximum absolute atomic E-state index is 12.8. The Kier molecular flexibility index (Phi) is 4.11. The van der Waals surface area contributed by atoms with Crippen molar-refractivity contribution in [3.63, 3.8) is 0 Å². The van der Waals surface area contributed by atoms with Crippen LogP contribution in [0.2, 0.25) is 0 Å². The summed E-state index contributed by atoms with van der Waals surface area (Å²) in [6.45, 7) is 2.01. The van der Waals surface area contributed by atoms with Gasteiger partial charge in [0, 0.05) is 25.2 Å². The largest absolute Gasteiger partial charge is 0.497 e. The van der Waals surface area contributed by atoms with Crippen LogP contribution in [-0.4, -0.2) is 47.5 Å². The van der Waals surface area contributed by atoms with Gasteiger partial charge in [-0.05, 0) is 36.4 Å². The highest BCUT2D eigenvalue weighted by atomic mass is 16.5. The number of aromatic amines is 1. The summed E-state index contributed by atoms with van der Waals surface area (Å²) in [7, 11) is 1.62. The Labute approximate surface area is 145 Å². The van der Waals surface area contributed by atoms with E-state index in [-0.39, 0.29) is 11.9 Å². The van der Waals surface area contributed by atoms with Crippen molar-refractivity contribution < 1.29 is 9.53 Å². The fourth-order valence-corrected chi connectivity index (χ4v) is 3.17. The minimum absolute atomic E-state index is 0.00310. The molecule has 1 aromatic heterocycles. The van der Waals surface area contributed by atoms with E-state index in [0.717, 1.165) is 29.2 Å². The summed E-state index contributed by atoms with van der Waals surface area (Å²) >= 11 is 0. The highest BCUT2D eigenvalue weighted by molar-refractivity contribution is 5.94. The lowest BCUT2D eigenvalue weighted by Gasteiger charge is -2.32. The molecule has 25 heavy (non-hydrogen) atoms. The second-order valence-electron chi connectivity index (χ2n) is 6.13. The molecule has 1 unspecified atom stereocenters. The number of ether oxygens (including phenoxy) is 1. The molecule has 1 saturated heterocycles. The first-order chi connectivity index (χ1) is 12.2. The Balaban J connectivity index is 1.52. The molecule has 4 rings (SSSR count). The Morgan fingerprint density at radius 2 is 2.00 bits per heavy atom. The Morgan fingerprint density at radius 3 is 2.76 bits per heavy atom. The van der Waals surface area contributed by atoms with E-state index in [4.69, 9.17) is 4.74 Å². The minimum atomic E-state index is 0.00310. The van der Waals surface area contributed by atoms with Crippen molar-refractivity contribution in [2.45, 2.75) is 6.04 Å². The highest BCUT2D eigenvalue weighted by Gasteiger charge is 2.27. The molecule has 6 nitrogen and oxygen atoms in total. The van der Waals surface area contributed by atoms with Gasteiger partial charge in [-0.3, -0.25) is 4.79 Å². The zero-order valence-corrected chi connectivity index (χ0v) is 14.0. The molecule has 1 fully saturated rings. The number of amides is 1. The van der Waals surface area contributed by atoms with Crippen molar-refractivity contribution in [3.05, 3.63) is 59.9 Å². The lowest BCUT2D eigenvalue weighted by molar-refractivity contribution is 0.0700. The van der Waals surface area contributed by atoms with E-state index in [2.05, 4.69) is 15.3 Å². The van der Waals surface area contributed by atoms with Crippen LogP contribution in [0.1, 0.15) is 22.2 Å². The van der Waals surface area contributed by atoms with Crippen molar-refractivity contribution in [3.8, 4) is 5.75 Å². The Hall–Kier alpha value is -2.86. The predicted octanol–water partition coefficient (Wildman–Crippen LogP) is 2.36. The van der Waals surface area contributed by atoms with Crippen LogP contribution in [0.4, 0.5) is 0 Å². The molecule has 0 aliphatic carbocycles. The summed E-state index contributed by atoms with van der Waals surface area (Å²) in [5.41, 5.74) is 2.63. The van der Waals surface area contributed by atoms with Crippen LogP contribution in [0.3, 0.4) is 0 Å². The summed E-state index contributed by atoms with van der Waals surface area (Å²) in [6, 6.07) is 15.2. The van der Waals surface area contributed by atoms with Gasteiger partial charge in [0.15, 0.2) is 0 Å². The van der Waals surface area contributed by atoms with Gasteiger partial charge in [-0.15, -0.1) is 0 Å². The maximum atomic E-state index is 12.8. The molecule has 1 aliphatic rings. The number of fused-ring (bicyclic) bond motifs is 1. The number of imidazole rings is 1. The normalized spacial score (nSPS) is 17.6. The van der Waals surface area contributed by atoms with Gasteiger partial charge in [-0.25, -0.2) is 4.98 Å². The van der Waals surface area contributed by atoms with Crippen LogP contribution < -0.4 is 10.1 Å². The van der Waals surface area contributed by atoms with Gasteiger partial charge in [-0.1, -0.05) is 12.1 Å². The number of piperazine rings is 1. The summed E-state index contributed by atoms with van der Waals surface area (Å²) in [5.74, 6) is 1.65. The van der Waals surface area contributed by atoms with Gasteiger partial charge in [0.05, 0.1) is 24.2 Å². The number of carbonyl (C=O) groups excluding carboxylic acids is 1. The summed E-state index contributed by atoms with van der Waals surface area (Å²) < 4.78 is 5.15. The lowest BCUT2D eigenvalue weighted by atomic mass is 10.1. The molecule has 0 spiro atoms. The van der Waals surface area contributed by atoms with E-state index in [9.17, 15) is 4.79 Å². The molecule has 6 heteroatoms. The average Bonchev–Trinajstić information content (AvgIpc) is 3.12. The zero-order valence-electron chi connectivity index (χ0n) is 14.0. The van der Waals surface area contributed by atoms with Crippen LogP contribution in [-0.2, 0) is 0 Å². The maximum Gasteiger partial charge on any atom is 0.253 e. The third-order valence-electron chi connectivity index (χ3n) is 4.54. The third-order valence-corrected chi connectivity index (χ3v) is 4.54. The number of para-hydroxylation sites is 2. The first kappa shape index (κ1) is 15.7. The van der Waals surface area contributed by atoms with E-state index in [1.807, 2.05) is 41.3 Å². The second-order valence-corrected chi connectivity index (χ2v) is 6.13. The van der Waals surface area contributed by atoms with E-state index in [0.29, 0.717) is 18.7 Å². The van der Waals surface area contributed by atoms with Crippen molar-refractivity contribution in [1.29, 1.82) is 0 Å². The SMILES string of the molecule is COc1ccc(C(=O)N2CCNC(c3nc4ccccc4[nH]3)C2)cc1. The van der Waals surface area contributed by atoms with Crippen LogP contribution >= 0.6 is 0 Å². The molecular weight excluding hydrogens is 316 g/mol. The molecule has 1 atom stereocenters. The average molecular weight is 336 g/mol. The molecule has 1 aliphatic heterocycles. The van der Waals surface area contributed by atoms with E-state index in [1.165, 1.54) is 0 Å². The monoisotopic (exact) mass is 336 g/mol. The van der Waals surface area contributed by atoms with Crippen LogP contribution in [0, 0.1) is 0 Å². The number of benzene rings is 2. The van der Waals surface area contributed by atoms with Crippen LogP contribution in [0.25, 0.3) is 11.0 Å². The molecule has 0 radical (unpaired) electrons. The van der Waals surface area contributed by atoms with E-state index < -0.39 is 0 Å². The van der Waals surface area contributed by atoms with Crippen molar-refractivity contribution >= 4 is 16.9 Å². The quantitative estimate of drug-likeness (QED) is 0.770. The Bertz CT molecular complexity index is 855. The first-order valence-corrected chi connectivity index (χ1v) is 8.36. The third kappa shape index (κ3) is 3.08. The number of rotatable bonds is 3. The highest BCUT2D eigenvalue weighted by Crippen LogP contribution is 2.20.